The Morgan fingerprint density at radius 1 is 1.29 bits per heavy atom. The maximum absolute atomic E-state index is 11.7. The molecule has 0 spiro atoms. The van der Waals surface area contributed by atoms with E-state index in [0.29, 0.717) is 6.54 Å². The molecule has 1 aromatic rings. The van der Waals surface area contributed by atoms with Crippen LogP contribution in [-0.4, -0.2) is 46.1 Å². The molecule has 0 heterocycles. The fraction of sp³-hybridized carbons (Fsp3) is 0.500. The molecule has 1 aromatic carbocycles. The number of esters is 1. The van der Waals surface area contributed by atoms with E-state index in [9.17, 15) is 15.0 Å². The van der Waals surface area contributed by atoms with Gasteiger partial charge in [0.25, 0.3) is 0 Å². The number of halogens is 1. The summed E-state index contributed by atoms with van der Waals surface area (Å²) in [7, 11) is 0. The molecule has 0 fully saturated rings. The van der Waals surface area contributed by atoms with E-state index in [2.05, 4.69) is 5.32 Å². The van der Waals surface area contributed by atoms with Gasteiger partial charge in [0, 0.05) is 12.1 Å². The van der Waals surface area contributed by atoms with Gasteiger partial charge >= 0.3 is 5.97 Å². The number of nitrogens with one attached hydrogen (secondary N) is 1. The van der Waals surface area contributed by atoms with Crippen molar-refractivity contribution in [3.8, 4) is 11.5 Å². The van der Waals surface area contributed by atoms with Gasteiger partial charge < -0.3 is 25.4 Å². The Bertz CT molecular complexity index is 473. The fourth-order valence-corrected chi connectivity index (χ4v) is 1.39. The molecule has 0 bridgehead atoms. The number of phenolic OH excluding ortho intramolecular Hbond substituents is 2. The predicted molar refractivity (Wildman–Crippen MR) is 81.1 cm³/mol. The Morgan fingerprint density at radius 2 is 1.90 bits per heavy atom. The molecule has 4 N–H and O–H groups in total. The van der Waals surface area contributed by atoms with E-state index >= 15 is 0 Å². The second-order valence-electron chi connectivity index (χ2n) is 5.59. The van der Waals surface area contributed by atoms with E-state index in [1.807, 2.05) is 20.8 Å². The van der Waals surface area contributed by atoms with Crippen LogP contribution in [0.15, 0.2) is 18.2 Å². The SMILES string of the molecule is CC(C)(C)NCC(O)COC(=O)c1ccc(O)c(O)c1.Cl. The van der Waals surface area contributed by atoms with Crippen LogP contribution in [0.5, 0.6) is 11.5 Å². The zero-order chi connectivity index (χ0) is 15.3. The van der Waals surface area contributed by atoms with E-state index in [1.165, 1.54) is 12.1 Å². The lowest BCUT2D eigenvalue weighted by atomic mass is 10.1. The largest absolute Gasteiger partial charge is 0.504 e. The summed E-state index contributed by atoms with van der Waals surface area (Å²) < 4.78 is 4.93. The summed E-state index contributed by atoms with van der Waals surface area (Å²) >= 11 is 0. The van der Waals surface area contributed by atoms with E-state index in [0.717, 1.165) is 6.07 Å². The van der Waals surface area contributed by atoms with Crippen molar-refractivity contribution in [2.24, 2.45) is 0 Å². The maximum Gasteiger partial charge on any atom is 0.338 e. The number of carbonyl (C=O) groups excluding carboxylic acids is 1. The van der Waals surface area contributed by atoms with Crippen molar-refractivity contribution in [1.29, 1.82) is 0 Å². The van der Waals surface area contributed by atoms with Crippen LogP contribution in [0.1, 0.15) is 31.1 Å². The molecule has 0 saturated carbocycles. The third-order valence-corrected chi connectivity index (χ3v) is 2.49. The fourth-order valence-electron chi connectivity index (χ4n) is 1.39. The van der Waals surface area contributed by atoms with Crippen molar-refractivity contribution < 1.29 is 24.9 Å². The smallest absolute Gasteiger partial charge is 0.338 e. The van der Waals surface area contributed by atoms with Gasteiger partial charge in [-0.1, -0.05) is 0 Å². The minimum absolute atomic E-state index is 0. The van der Waals surface area contributed by atoms with Crippen LogP contribution < -0.4 is 5.32 Å². The Kier molecular flexibility index (Phi) is 7.49. The number of aromatic hydroxyl groups is 2. The number of aliphatic hydroxyl groups excluding tert-OH is 1. The number of ether oxygens (including phenoxy) is 1. The number of phenols is 2. The first-order chi connectivity index (χ1) is 9.19. The standard InChI is InChI=1S/C14H21NO5.ClH/c1-14(2,3)15-7-10(16)8-20-13(19)9-4-5-11(17)12(18)6-9;/h4-6,10,15-18H,7-8H2,1-3H3;1H. The van der Waals surface area contributed by atoms with Crippen LogP contribution in [-0.2, 0) is 4.74 Å². The molecule has 21 heavy (non-hydrogen) atoms. The molecule has 0 aliphatic carbocycles. The lowest BCUT2D eigenvalue weighted by Gasteiger charge is -2.22. The molecular formula is C14H22ClNO5. The molecule has 120 valence electrons. The monoisotopic (exact) mass is 319 g/mol. The van der Waals surface area contributed by atoms with Crippen molar-refractivity contribution in [2.45, 2.75) is 32.4 Å². The molecule has 0 aliphatic rings. The summed E-state index contributed by atoms with van der Waals surface area (Å²) in [6, 6.07) is 3.64. The van der Waals surface area contributed by atoms with Gasteiger partial charge in [-0.05, 0) is 39.0 Å². The normalized spacial score (nSPS) is 12.4. The quantitative estimate of drug-likeness (QED) is 0.484. The molecule has 0 aliphatic heterocycles. The Morgan fingerprint density at radius 3 is 2.43 bits per heavy atom. The minimum atomic E-state index is -0.816. The highest BCUT2D eigenvalue weighted by Gasteiger charge is 2.15. The zero-order valence-electron chi connectivity index (χ0n) is 12.3. The molecule has 1 atom stereocenters. The Hall–Kier alpha value is -1.50. The molecule has 1 unspecified atom stereocenters. The van der Waals surface area contributed by atoms with Gasteiger partial charge in [0.05, 0.1) is 5.56 Å². The number of rotatable bonds is 5. The van der Waals surface area contributed by atoms with Crippen LogP contribution in [0.3, 0.4) is 0 Å². The Balaban J connectivity index is 0.00000400. The van der Waals surface area contributed by atoms with Gasteiger partial charge in [0.15, 0.2) is 11.5 Å². The van der Waals surface area contributed by atoms with Crippen LogP contribution >= 0.6 is 12.4 Å². The first kappa shape index (κ1) is 19.5. The second kappa shape index (κ2) is 8.07. The summed E-state index contributed by atoms with van der Waals surface area (Å²) in [6.07, 6.45) is -0.816. The highest BCUT2D eigenvalue weighted by Crippen LogP contribution is 2.25. The van der Waals surface area contributed by atoms with Gasteiger partial charge in [-0.3, -0.25) is 0 Å². The second-order valence-corrected chi connectivity index (χ2v) is 5.59. The van der Waals surface area contributed by atoms with Crippen LogP contribution in [0.25, 0.3) is 0 Å². The van der Waals surface area contributed by atoms with Crippen molar-refractivity contribution in [2.75, 3.05) is 13.2 Å². The zero-order valence-corrected chi connectivity index (χ0v) is 13.1. The van der Waals surface area contributed by atoms with E-state index in [4.69, 9.17) is 9.84 Å². The van der Waals surface area contributed by atoms with E-state index in [1.54, 1.807) is 0 Å². The number of β-amino-alcohol motifs (C(OH)–C–C–N with tert-alkyl or cyclic N) is 1. The summed E-state index contributed by atoms with van der Waals surface area (Å²) in [4.78, 5) is 11.7. The molecule has 6 nitrogen and oxygen atoms in total. The van der Waals surface area contributed by atoms with Gasteiger partial charge in [-0.2, -0.15) is 0 Å². The van der Waals surface area contributed by atoms with Gasteiger partial charge in [-0.15, -0.1) is 12.4 Å². The van der Waals surface area contributed by atoms with Gasteiger partial charge in [-0.25, -0.2) is 4.79 Å². The molecule has 1 rings (SSSR count). The van der Waals surface area contributed by atoms with Crippen molar-refractivity contribution in [3.63, 3.8) is 0 Å². The first-order valence-electron chi connectivity index (χ1n) is 6.31. The lowest BCUT2D eigenvalue weighted by Crippen LogP contribution is -2.42. The highest BCUT2D eigenvalue weighted by atomic mass is 35.5. The topological polar surface area (TPSA) is 99.0 Å². The molecule has 0 amide bonds. The van der Waals surface area contributed by atoms with Crippen molar-refractivity contribution in [3.05, 3.63) is 23.8 Å². The third kappa shape index (κ3) is 7.17. The molecule has 0 aromatic heterocycles. The molecular weight excluding hydrogens is 298 g/mol. The highest BCUT2D eigenvalue weighted by molar-refractivity contribution is 5.90. The summed E-state index contributed by atoms with van der Waals surface area (Å²) in [6.45, 7) is 6.04. The average Bonchev–Trinajstić information content (AvgIpc) is 2.36. The van der Waals surface area contributed by atoms with Gasteiger partial charge in [0.2, 0.25) is 0 Å². The molecule has 0 radical (unpaired) electrons. The first-order valence-corrected chi connectivity index (χ1v) is 6.31. The van der Waals surface area contributed by atoms with Crippen LogP contribution in [0.2, 0.25) is 0 Å². The van der Waals surface area contributed by atoms with E-state index < -0.39 is 17.8 Å². The average molecular weight is 320 g/mol. The lowest BCUT2D eigenvalue weighted by molar-refractivity contribution is 0.0247. The number of hydrogen-bond donors (Lipinski definition) is 4. The van der Waals surface area contributed by atoms with Crippen molar-refractivity contribution >= 4 is 18.4 Å². The Labute approximate surface area is 130 Å². The maximum atomic E-state index is 11.7. The number of aliphatic hydroxyl groups is 1. The predicted octanol–water partition coefficient (Wildman–Crippen LogP) is 1.43. The number of benzene rings is 1. The minimum Gasteiger partial charge on any atom is -0.504 e. The van der Waals surface area contributed by atoms with Crippen LogP contribution in [0, 0.1) is 0 Å². The summed E-state index contributed by atoms with van der Waals surface area (Å²) in [5, 5.41) is 31.2. The van der Waals surface area contributed by atoms with E-state index in [-0.39, 0.29) is 35.9 Å². The number of hydrogen-bond acceptors (Lipinski definition) is 6. The van der Waals surface area contributed by atoms with Crippen molar-refractivity contribution in [1.82, 2.24) is 5.32 Å². The summed E-state index contributed by atoms with van der Waals surface area (Å²) in [5.41, 5.74) is -0.0235. The summed E-state index contributed by atoms with van der Waals surface area (Å²) in [5.74, 6) is -1.37. The van der Waals surface area contributed by atoms with Gasteiger partial charge in [0.1, 0.15) is 12.7 Å². The third-order valence-electron chi connectivity index (χ3n) is 2.49. The molecule has 7 heteroatoms. The number of carbonyl (C=O) groups is 1. The molecule has 0 saturated heterocycles. The van der Waals surface area contributed by atoms with Crippen LogP contribution in [0.4, 0.5) is 0 Å².